The summed E-state index contributed by atoms with van der Waals surface area (Å²) in [6, 6.07) is 8.73. The molecular weight excluding hydrogens is 438 g/mol. The summed E-state index contributed by atoms with van der Waals surface area (Å²) in [6.07, 6.45) is 0. The maximum absolute atomic E-state index is 12.4. The molecule has 1 aromatic carbocycles. The molecule has 0 unspecified atom stereocenters. The van der Waals surface area contributed by atoms with Gasteiger partial charge in [-0.1, -0.05) is 22.0 Å². The molecule has 0 radical (unpaired) electrons. The average Bonchev–Trinajstić information content (AvgIpc) is 3.33. The summed E-state index contributed by atoms with van der Waals surface area (Å²) >= 11 is 6.13. The number of carbonyl (C=O) groups is 3. The van der Waals surface area contributed by atoms with Crippen LogP contribution >= 0.6 is 38.6 Å². The largest absolute Gasteiger partial charge is 0.300 e. The van der Waals surface area contributed by atoms with E-state index in [9.17, 15) is 14.4 Å². The Kier molecular flexibility index (Phi) is 4.43. The third-order valence-corrected chi connectivity index (χ3v) is 5.90. The number of halogens is 1. The molecule has 0 saturated heterocycles. The molecule has 9 heteroatoms. The van der Waals surface area contributed by atoms with Gasteiger partial charge in [-0.3, -0.25) is 19.3 Å². The van der Waals surface area contributed by atoms with E-state index in [0.717, 1.165) is 15.5 Å². The zero-order valence-corrected chi connectivity index (χ0v) is 16.3. The summed E-state index contributed by atoms with van der Waals surface area (Å²) in [5.74, 6) is -1.41. The molecule has 0 fully saturated rings. The van der Waals surface area contributed by atoms with Crippen LogP contribution in [0.1, 0.15) is 20.7 Å². The van der Waals surface area contributed by atoms with Gasteiger partial charge in [0.2, 0.25) is 5.91 Å². The molecule has 1 aliphatic rings. The molecule has 2 aromatic heterocycles. The van der Waals surface area contributed by atoms with Gasteiger partial charge in [0.05, 0.1) is 21.7 Å². The molecule has 3 aromatic rings. The van der Waals surface area contributed by atoms with E-state index >= 15 is 0 Å². The molecule has 3 amide bonds. The van der Waals surface area contributed by atoms with Gasteiger partial charge in [-0.15, -0.1) is 22.7 Å². The lowest BCUT2D eigenvalue weighted by Crippen LogP contribution is -2.37. The van der Waals surface area contributed by atoms with Crippen molar-refractivity contribution in [2.24, 2.45) is 0 Å². The normalized spacial score (nSPS) is 13.2. The fourth-order valence-corrected chi connectivity index (χ4v) is 4.43. The topological polar surface area (TPSA) is 79.4 Å². The van der Waals surface area contributed by atoms with Gasteiger partial charge in [-0.05, 0) is 29.6 Å². The van der Waals surface area contributed by atoms with Crippen LogP contribution in [0.3, 0.4) is 0 Å². The number of thiazole rings is 1. The van der Waals surface area contributed by atoms with E-state index in [4.69, 9.17) is 0 Å². The number of nitrogens with one attached hydrogen (secondary N) is 1. The van der Waals surface area contributed by atoms with Gasteiger partial charge in [0.1, 0.15) is 6.54 Å². The fourth-order valence-electron chi connectivity index (χ4n) is 2.58. The van der Waals surface area contributed by atoms with E-state index in [-0.39, 0.29) is 6.54 Å². The number of rotatable bonds is 4. The van der Waals surface area contributed by atoms with Gasteiger partial charge in [0.15, 0.2) is 5.13 Å². The molecule has 1 aliphatic heterocycles. The van der Waals surface area contributed by atoms with E-state index in [1.54, 1.807) is 29.5 Å². The fraction of sp³-hybridized carbons (Fsp3) is 0.0588. The first-order chi connectivity index (χ1) is 12.5. The zero-order valence-electron chi connectivity index (χ0n) is 13.1. The molecule has 0 atom stereocenters. The number of aromatic nitrogens is 1. The third kappa shape index (κ3) is 3.09. The number of benzene rings is 1. The quantitative estimate of drug-likeness (QED) is 0.615. The highest BCUT2D eigenvalue weighted by molar-refractivity contribution is 9.10. The number of hydrogen-bond donors (Lipinski definition) is 1. The SMILES string of the molecule is O=C(CN1C(=O)c2ccc(Br)cc2C1=O)Nc1nc(-c2cccs2)cs1. The number of fused-ring (bicyclic) bond motifs is 1. The third-order valence-electron chi connectivity index (χ3n) is 3.76. The predicted molar refractivity (Wildman–Crippen MR) is 104 cm³/mol. The highest BCUT2D eigenvalue weighted by Gasteiger charge is 2.36. The smallest absolute Gasteiger partial charge is 0.262 e. The summed E-state index contributed by atoms with van der Waals surface area (Å²) in [6.45, 7) is -0.349. The number of nitrogens with zero attached hydrogens (tertiary/aromatic N) is 2. The molecule has 0 spiro atoms. The van der Waals surface area contributed by atoms with Crippen LogP contribution in [0.4, 0.5) is 5.13 Å². The minimum absolute atomic E-state index is 0.298. The zero-order chi connectivity index (χ0) is 18.3. The Labute approximate surface area is 164 Å². The summed E-state index contributed by atoms with van der Waals surface area (Å²) in [7, 11) is 0. The first kappa shape index (κ1) is 17.1. The Hall–Kier alpha value is -2.36. The van der Waals surface area contributed by atoms with Crippen molar-refractivity contribution in [3.05, 3.63) is 56.7 Å². The number of thiophene rings is 1. The van der Waals surface area contributed by atoms with Gasteiger partial charge in [0.25, 0.3) is 11.8 Å². The summed E-state index contributed by atoms with van der Waals surface area (Å²) in [5, 5.41) is 6.88. The second-order valence-electron chi connectivity index (χ2n) is 5.45. The van der Waals surface area contributed by atoms with Crippen molar-refractivity contribution in [3.8, 4) is 10.6 Å². The second kappa shape index (κ2) is 6.75. The molecule has 3 heterocycles. The molecule has 0 saturated carbocycles. The Bertz CT molecular complexity index is 1030. The molecule has 0 aliphatic carbocycles. The number of hydrogen-bond acceptors (Lipinski definition) is 6. The van der Waals surface area contributed by atoms with Crippen LogP contribution in [0, 0.1) is 0 Å². The lowest BCUT2D eigenvalue weighted by molar-refractivity contribution is -0.116. The van der Waals surface area contributed by atoms with Gasteiger partial charge >= 0.3 is 0 Å². The Morgan fingerprint density at radius 1 is 1.15 bits per heavy atom. The van der Waals surface area contributed by atoms with Crippen molar-refractivity contribution in [2.45, 2.75) is 0 Å². The summed E-state index contributed by atoms with van der Waals surface area (Å²) < 4.78 is 0.701. The van der Waals surface area contributed by atoms with Crippen LogP contribution in [0.25, 0.3) is 10.6 Å². The standard InChI is InChI=1S/C17H10BrN3O3S2/c18-9-3-4-10-11(6-9)16(24)21(15(10)23)7-14(22)20-17-19-12(8-26-17)13-2-1-5-25-13/h1-6,8H,7H2,(H,19,20,22). The van der Waals surface area contributed by atoms with E-state index < -0.39 is 17.7 Å². The van der Waals surface area contributed by atoms with Crippen LogP contribution in [-0.4, -0.2) is 34.2 Å². The molecular formula is C17H10BrN3O3S2. The molecule has 6 nitrogen and oxygen atoms in total. The molecule has 26 heavy (non-hydrogen) atoms. The van der Waals surface area contributed by atoms with Gasteiger partial charge in [-0.25, -0.2) is 4.98 Å². The van der Waals surface area contributed by atoms with Crippen molar-refractivity contribution >= 4 is 61.5 Å². The maximum Gasteiger partial charge on any atom is 0.262 e. The van der Waals surface area contributed by atoms with Crippen LogP contribution in [0.5, 0.6) is 0 Å². The highest BCUT2D eigenvalue weighted by Crippen LogP contribution is 2.29. The number of imide groups is 1. The number of amides is 3. The highest BCUT2D eigenvalue weighted by atomic mass is 79.9. The van der Waals surface area contributed by atoms with Gasteiger partial charge in [0, 0.05) is 9.85 Å². The van der Waals surface area contributed by atoms with Crippen molar-refractivity contribution < 1.29 is 14.4 Å². The second-order valence-corrected chi connectivity index (χ2v) is 8.17. The Balaban J connectivity index is 1.46. The molecule has 130 valence electrons. The van der Waals surface area contributed by atoms with Crippen LogP contribution in [-0.2, 0) is 4.79 Å². The average molecular weight is 448 g/mol. The van der Waals surface area contributed by atoms with Gasteiger partial charge < -0.3 is 5.32 Å². The van der Waals surface area contributed by atoms with Crippen LogP contribution in [0.15, 0.2) is 45.6 Å². The van der Waals surface area contributed by atoms with Crippen LogP contribution in [0.2, 0.25) is 0 Å². The summed E-state index contributed by atoms with van der Waals surface area (Å²) in [4.78, 5) is 43.4. The minimum Gasteiger partial charge on any atom is -0.300 e. The van der Waals surface area contributed by atoms with Crippen molar-refractivity contribution in [3.63, 3.8) is 0 Å². The molecule has 1 N–H and O–H groups in total. The number of carbonyl (C=O) groups excluding carboxylic acids is 3. The monoisotopic (exact) mass is 447 g/mol. The molecule has 0 bridgehead atoms. The van der Waals surface area contributed by atoms with E-state index in [2.05, 4.69) is 26.2 Å². The Morgan fingerprint density at radius 3 is 2.73 bits per heavy atom. The minimum atomic E-state index is -0.472. The van der Waals surface area contributed by atoms with E-state index in [1.807, 2.05) is 22.9 Å². The maximum atomic E-state index is 12.4. The Morgan fingerprint density at radius 2 is 1.96 bits per heavy atom. The lowest BCUT2D eigenvalue weighted by atomic mass is 10.1. The van der Waals surface area contributed by atoms with Crippen molar-refractivity contribution in [1.82, 2.24) is 9.88 Å². The van der Waals surface area contributed by atoms with E-state index in [0.29, 0.717) is 20.7 Å². The summed E-state index contributed by atoms with van der Waals surface area (Å²) in [5.41, 5.74) is 1.39. The lowest BCUT2D eigenvalue weighted by Gasteiger charge is -2.12. The first-order valence-corrected chi connectivity index (χ1v) is 10.0. The van der Waals surface area contributed by atoms with Crippen molar-refractivity contribution in [1.29, 1.82) is 0 Å². The van der Waals surface area contributed by atoms with E-state index in [1.165, 1.54) is 11.3 Å². The van der Waals surface area contributed by atoms with Gasteiger partial charge in [-0.2, -0.15) is 0 Å². The predicted octanol–water partition coefficient (Wildman–Crippen LogP) is 3.87. The first-order valence-electron chi connectivity index (χ1n) is 7.48. The van der Waals surface area contributed by atoms with Crippen molar-refractivity contribution in [2.75, 3.05) is 11.9 Å². The van der Waals surface area contributed by atoms with Crippen LogP contribution < -0.4 is 5.32 Å². The molecule has 4 rings (SSSR count). The number of anilines is 1.